The van der Waals surface area contributed by atoms with Gasteiger partial charge in [0.1, 0.15) is 41.5 Å². The van der Waals surface area contributed by atoms with Gasteiger partial charge >= 0.3 is 0 Å². The van der Waals surface area contributed by atoms with Gasteiger partial charge in [-0.25, -0.2) is 26.9 Å². The van der Waals surface area contributed by atoms with E-state index in [4.69, 9.17) is 18.9 Å². The van der Waals surface area contributed by atoms with Gasteiger partial charge in [0, 0.05) is 49.7 Å². The number of halogens is 4. The van der Waals surface area contributed by atoms with Crippen LogP contribution < -0.4 is 10.6 Å². The largest absolute Gasteiger partial charge is 0.378 e. The summed E-state index contributed by atoms with van der Waals surface area (Å²) in [6.07, 6.45) is 2.81. The number of nitrogens with zero attached hydrogens (tertiary/aromatic N) is 8. The molecule has 0 radical (unpaired) electrons. The topological polar surface area (TPSA) is 129 Å². The number of morpholine rings is 2. The second kappa shape index (κ2) is 18.1. The maximum absolute atomic E-state index is 13.5. The Hall–Kier alpha value is -5.76. The summed E-state index contributed by atoms with van der Waals surface area (Å²) < 4.78 is 79.7. The van der Waals surface area contributed by atoms with Crippen LogP contribution >= 0.6 is 0 Å². The number of hydrogen-bond donors (Lipinski definition) is 2. The van der Waals surface area contributed by atoms with Crippen molar-refractivity contribution in [3.05, 3.63) is 131 Å². The van der Waals surface area contributed by atoms with Crippen molar-refractivity contribution in [2.75, 3.05) is 76.5 Å². The van der Waals surface area contributed by atoms with Gasteiger partial charge in [0.15, 0.2) is 0 Å². The van der Waals surface area contributed by atoms with Crippen molar-refractivity contribution >= 4 is 23.3 Å². The summed E-state index contributed by atoms with van der Waals surface area (Å²) >= 11 is 0. The van der Waals surface area contributed by atoms with Crippen LogP contribution in [0.4, 0.5) is 40.8 Å². The van der Waals surface area contributed by atoms with E-state index in [1.165, 1.54) is 46.3 Å². The van der Waals surface area contributed by atoms with Gasteiger partial charge < -0.3 is 29.6 Å². The van der Waals surface area contributed by atoms with E-state index in [2.05, 4.69) is 59.7 Å². The van der Waals surface area contributed by atoms with E-state index in [1.807, 2.05) is 38.1 Å². The molecule has 2 N–H and O–H groups in total. The lowest BCUT2D eigenvalue weighted by atomic mass is 9.91. The molecular weight excluding hydrogens is 821 g/mol. The van der Waals surface area contributed by atoms with E-state index >= 15 is 0 Å². The minimum atomic E-state index is -0.670. The van der Waals surface area contributed by atoms with E-state index in [0.29, 0.717) is 37.2 Å². The normalized spacial score (nSPS) is 21.0. The highest BCUT2D eigenvalue weighted by atomic mass is 19.1. The van der Waals surface area contributed by atoms with Crippen molar-refractivity contribution in [2.24, 2.45) is 0 Å². The minimum absolute atomic E-state index is 0.0180. The Morgan fingerprint density at radius 2 is 1.14 bits per heavy atom. The first-order chi connectivity index (χ1) is 30.4. The molecule has 63 heavy (non-hydrogen) atoms. The van der Waals surface area contributed by atoms with Crippen molar-refractivity contribution in [3.8, 4) is 11.4 Å². The van der Waals surface area contributed by atoms with Crippen molar-refractivity contribution in [3.63, 3.8) is 0 Å². The summed E-state index contributed by atoms with van der Waals surface area (Å²) in [5.74, 6) is -2.02. The van der Waals surface area contributed by atoms with Crippen LogP contribution in [0.2, 0.25) is 0 Å². The summed E-state index contributed by atoms with van der Waals surface area (Å²) in [5, 5.41) is 15.0. The quantitative estimate of drug-likeness (QED) is 0.139. The van der Waals surface area contributed by atoms with Crippen molar-refractivity contribution < 1.29 is 36.5 Å². The Morgan fingerprint density at radius 3 is 1.70 bits per heavy atom. The molecule has 4 saturated heterocycles. The Morgan fingerprint density at radius 1 is 0.619 bits per heavy atom. The lowest BCUT2D eigenvalue weighted by Crippen LogP contribution is -2.57. The molecule has 0 aliphatic carbocycles. The summed E-state index contributed by atoms with van der Waals surface area (Å²) in [5.41, 5.74) is 6.03. The molecule has 4 aliphatic rings. The smallest absolute Gasteiger partial charge is 0.246 e. The molecule has 0 bridgehead atoms. The monoisotopic (exact) mass is 868 g/mol. The van der Waals surface area contributed by atoms with Gasteiger partial charge in [0.2, 0.25) is 11.9 Å². The molecule has 0 saturated carbocycles. The van der Waals surface area contributed by atoms with Gasteiger partial charge in [-0.1, -0.05) is 12.1 Å². The molecule has 0 amide bonds. The first-order valence-corrected chi connectivity index (χ1v) is 20.8. The van der Waals surface area contributed by atoms with Gasteiger partial charge in [-0.3, -0.25) is 9.80 Å². The average Bonchev–Trinajstić information content (AvgIpc) is 3.86. The molecule has 2 aromatic heterocycles. The van der Waals surface area contributed by atoms with E-state index in [-0.39, 0.29) is 17.5 Å². The van der Waals surface area contributed by atoms with Crippen molar-refractivity contribution in [2.45, 2.75) is 44.6 Å². The van der Waals surface area contributed by atoms with Crippen LogP contribution in [0.15, 0.2) is 85.5 Å². The van der Waals surface area contributed by atoms with Crippen molar-refractivity contribution in [1.82, 2.24) is 39.3 Å². The van der Waals surface area contributed by atoms with Crippen LogP contribution in [0.5, 0.6) is 0 Å². The maximum atomic E-state index is 13.5. The van der Waals surface area contributed by atoms with Gasteiger partial charge in [-0.15, -0.1) is 10.2 Å². The number of rotatable bonds is 10. The molecule has 0 unspecified atom stereocenters. The molecule has 10 rings (SSSR count). The SMILES string of the molecule is Cc1cc(Nc2ncn(-c3cc(F)cc(F)c3)n2)cc([C@@H]2CN(C3COC3)CCO2)c1.Cc1cc(Nc2ncn(-c3cc(F)cc(F)c3)n2)cc([C@]2(C)CN(C3COC3)CCO2)c1. The first-order valence-electron chi connectivity index (χ1n) is 20.8. The highest BCUT2D eigenvalue weighted by Crippen LogP contribution is 2.34. The molecule has 6 aromatic rings. The molecule has 14 nitrogen and oxygen atoms in total. The predicted octanol–water partition coefficient (Wildman–Crippen LogP) is 6.91. The fourth-order valence-electron chi connectivity index (χ4n) is 8.18. The molecule has 330 valence electrons. The zero-order valence-electron chi connectivity index (χ0n) is 35.1. The fourth-order valence-corrected chi connectivity index (χ4v) is 8.18. The van der Waals surface area contributed by atoms with Gasteiger partial charge in [0.05, 0.1) is 69.2 Å². The summed E-state index contributed by atoms with van der Waals surface area (Å²) in [6.45, 7) is 14.1. The summed E-state index contributed by atoms with van der Waals surface area (Å²) in [7, 11) is 0. The Balaban J connectivity index is 0.000000160. The molecule has 0 spiro atoms. The molecule has 18 heteroatoms. The van der Waals surface area contributed by atoms with Crippen LogP contribution in [0.3, 0.4) is 0 Å². The average molecular weight is 869 g/mol. The lowest BCUT2D eigenvalue weighted by Gasteiger charge is -2.46. The fraction of sp³-hybridized carbons (Fsp3) is 0.378. The second-order valence-corrected chi connectivity index (χ2v) is 16.5. The molecule has 6 heterocycles. The molecular formula is C45H48F4N10O4. The summed E-state index contributed by atoms with van der Waals surface area (Å²) in [4.78, 5) is 13.3. The van der Waals surface area contributed by atoms with E-state index in [9.17, 15) is 17.6 Å². The highest BCUT2D eigenvalue weighted by molar-refractivity contribution is 5.58. The zero-order chi connectivity index (χ0) is 43.7. The number of nitrogens with one attached hydrogen (secondary N) is 2. The standard InChI is InChI=1S/C23H25F2N5O2.C22H23F2N5O2/c1-15-5-16(23(2)13-29(3-4-32-23)21-11-31-12-21)7-19(6-15)27-22-26-14-30(28-22)20-9-17(24)8-18(25)10-20;1-14-4-15(21-10-28(2-3-31-21)20-11-30-12-20)6-18(5-14)26-22-25-13-29(27-22)19-8-16(23)7-17(24)9-19/h5-10,14,21H,3-4,11-13H2,1-2H3,(H,27,28);4-9,13,20-21H,2-3,10-12H2,1H3,(H,26,27)/t23-;21-/m00/s1. The predicted molar refractivity (Wildman–Crippen MR) is 226 cm³/mol. The maximum Gasteiger partial charge on any atom is 0.246 e. The van der Waals surface area contributed by atoms with Crippen LogP contribution in [0.1, 0.15) is 35.3 Å². The highest BCUT2D eigenvalue weighted by Gasteiger charge is 2.39. The third-order valence-electron chi connectivity index (χ3n) is 11.6. The van der Waals surface area contributed by atoms with E-state index in [1.54, 1.807) is 0 Å². The number of ether oxygens (including phenoxy) is 4. The van der Waals surface area contributed by atoms with E-state index in [0.717, 1.165) is 98.4 Å². The zero-order valence-corrected chi connectivity index (χ0v) is 35.1. The molecule has 4 aliphatic heterocycles. The summed E-state index contributed by atoms with van der Waals surface area (Å²) in [6, 6.07) is 19.7. The second-order valence-electron chi connectivity index (χ2n) is 16.5. The molecule has 4 aromatic carbocycles. The Kier molecular flexibility index (Phi) is 12.3. The van der Waals surface area contributed by atoms with E-state index < -0.39 is 28.9 Å². The number of anilines is 4. The Bertz CT molecular complexity index is 2530. The van der Waals surface area contributed by atoms with Gasteiger partial charge in [-0.05, 0) is 91.6 Å². The van der Waals surface area contributed by atoms with Crippen LogP contribution in [-0.4, -0.2) is 117 Å². The lowest BCUT2D eigenvalue weighted by molar-refractivity contribution is -0.151. The van der Waals surface area contributed by atoms with Crippen molar-refractivity contribution in [1.29, 1.82) is 0 Å². The third kappa shape index (κ3) is 10.1. The van der Waals surface area contributed by atoms with Crippen LogP contribution in [-0.2, 0) is 24.5 Å². The molecule has 4 fully saturated rings. The van der Waals surface area contributed by atoms with Gasteiger partial charge in [0.25, 0.3) is 0 Å². The first kappa shape index (κ1) is 42.5. The molecule has 2 atom stereocenters. The minimum Gasteiger partial charge on any atom is -0.378 e. The van der Waals surface area contributed by atoms with Crippen LogP contribution in [0.25, 0.3) is 11.4 Å². The Labute approximate surface area is 361 Å². The number of aryl methyl sites for hydroxylation is 2. The number of benzene rings is 4. The third-order valence-corrected chi connectivity index (χ3v) is 11.6. The number of hydrogen-bond acceptors (Lipinski definition) is 12. The van der Waals surface area contributed by atoms with Crippen LogP contribution in [0, 0.1) is 37.1 Å². The number of aromatic nitrogens is 6. The van der Waals surface area contributed by atoms with Gasteiger partial charge in [-0.2, -0.15) is 9.97 Å².